The fourth-order valence-corrected chi connectivity index (χ4v) is 3.62. The SMILES string of the molecule is O=C1CCC([N+]2([O-])Cc3cc(CCCCCO)ccc3C2=O)C(=O)N1. The van der Waals surface area contributed by atoms with Crippen molar-refractivity contribution in [3.8, 4) is 0 Å². The molecular weight excluding hydrogens is 324 g/mol. The molecule has 2 atom stereocenters. The lowest BCUT2D eigenvalue weighted by molar-refractivity contribution is -0.825. The van der Waals surface area contributed by atoms with Crippen LogP contribution in [-0.2, 0) is 22.6 Å². The molecule has 7 nitrogen and oxygen atoms in total. The molecule has 25 heavy (non-hydrogen) atoms. The molecule has 0 aromatic heterocycles. The van der Waals surface area contributed by atoms with Gasteiger partial charge in [-0.25, -0.2) is 4.79 Å². The highest BCUT2D eigenvalue weighted by Gasteiger charge is 2.49. The summed E-state index contributed by atoms with van der Waals surface area (Å²) in [5.41, 5.74) is 2.09. The number of rotatable bonds is 6. The molecular formula is C18H22N2O5. The van der Waals surface area contributed by atoms with Crippen molar-refractivity contribution in [2.75, 3.05) is 6.61 Å². The molecule has 2 N–H and O–H groups in total. The molecule has 0 aliphatic carbocycles. The van der Waals surface area contributed by atoms with Crippen molar-refractivity contribution in [2.45, 2.75) is 51.1 Å². The quantitative estimate of drug-likeness (QED) is 0.348. The van der Waals surface area contributed by atoms with Gasteiger partial charge in [-0.3, -0.25) is 19.6 Å². The number of nitrogens with one attached hydrogen (secondary N) is 1. The molecule has 0 saturated carbocycles. The van der Waals surface area contributed by atoms with Crippen molar-refractivity contribution in [3.05, 3.63) is 40.1 Å². The minimum Gasteiger partial charge on any atom is -0.624 e. The number of piperidine rings is 1. The monoisotopic (exact) mass is 346 g/mol. The minimum absolute atomic E-state index is 0.0646. The number of hydrogen-bond acceptors (Lipinski definition) is 5. The number of fused-ring (bicyclic) bond motifs is 1. The molecule has 0 radical (unpaired) electrons. The molecule has 2 unspecified atom stereocenters. The van der Waals surface area contributed by atoms with E-state index in [2.05, 4.69) is 5.32 Å². The van der Waals surface area contributed by atoms with E-state index in [0.29, 0.717) is 11.1 Å². The number of aryl methyl sites for hydroxylation is 1. The van der Waals surface area contributed by atoms with Gasteiger partial charge in [0, 0.05) is 25.0 Å². The van der Waals surface area contributed by atoms with Gasteiger partial charge in [0.25, 0.3) is 5.91 Å². The van der Waals surface area contributed by atoms with Crippen molar-refractivity contribution >= 4 is 17.7 Å². The van der Waals surface area contributed by atoms with Crippen LogP contribution in [0, 0.1) is 5.21 Å². The zero-order chi connectivity index (χ0) is 18.0. The van der Waals surface area contributed by atoms with E-state index in [0.717, 1.165) is 31.2 Å². The van der Waals surface area contributed by atoms with Gasteiger partial charge < -0.3 is 10.3 Å². The second kappa shape index (κ2) is 7.03. The Morgan fingerprint density at radius 2 is 2.00 bits per heavy atom. The lowest BCUT2D eigenvalue weighted by atomic mass is 10.0. The third-order valence-electron chi connectivity index (χ3n) is 4.99. The summed E-state index contributed by atoms with van der Waals surface area (Å²) >= 11 is 0. The molecule has 1 aromatic rings. The van der Waals surface area contributed by atoms with Crippen molar-refractivity contribution in [3.63, 3.8) is 0 Å². The molecule has 2 aliphatic heterocycles. The fourth-order valence-electron chi connectivity index (χ4n) is 3.62. The number of quaternary nitrogens is 1. The molecule has 0 spiro atoms. The number of unbranched alkanes of at least 4 members (excludes halogenated alkanes) is 2. The Labute approximate surface area is 145 Å². The van der Waals surface area contributed by atoms with Crippen LogP contribution in [0.2, 0.25) is 0 Å². The van der Waals surface area contributed by atoms with Crippen LogP contribution in [0.5, 0.6) is 0 Å². The first-order valence-electron chi connectivity index (χ1n) is 8.65. The number of aliphatic hydroxyl groups excluding tert-OH is 1. The van der Waals surface area contributed by atoms with E-state index in [-0.39, 0.29) is 26.0 Å². The molecule has 0 bridgehead atoms. The second-order valence-corrected chi connectivity index (χ2v) is 6.75. The maximum absolute atomic E-state index is 13.2. The second-order valence-electron chi connectivity index (χ2n) is 6.75. The lowest BCUT2D eigenvalue weighted by Gasteiger charge is -2.42. The summed E-state index contributed by atoms with van der Waals surface area (Å²) < 4.78 is -1.23. The summed E-state index contributed by atoms with van der Waals surface area (Å²) in [4.78, 5) is 36.0. The molecule has 1 aromatic carbocycles. The Balaban J connectivity index is 1.76. The standard InChI is InChI=1S/C18H22N2O5/c21-9-3-1-2-4-12-5-6-14-13(10-12)11-20(25,18(14)24)15-7-8-16(22)19-17(15)23/h5-6,10,15,21H,1-4,7-9,11H2,(H,19,22,23). The number of carbonyl (C=O) groups is 3. The van der Waals surface area contributed by atoms with E-state index in [1.54, 1.807) is 6.07 Å². The summed E-state index contributed by atoms with van der Waals surface area (Å²) in [6, 6.07) is 4.32. The number of nitrogens with zero attached hydrogens (tertiary/aromatic N) is 1. The van der Waals surface area contributed by atoms with Crippen LogP contribution in [0.4, 0.5) is 0 Å². The predicted octanol–water partition coefficient (Wildman–Crippen LogP) is 1.17. The topological polar surface area (TPSA) is 107 Å². The van der Waals surface area contributed by atoms with E-state index in [4.69, 9.17) is 5.11 Å². The Morgan fingerprint density at radius 3 is 2.72 bits per heavy atom. The van der Waals surface area contributed by atoms with Crippen LogP contribution < -0.4 is 5.32 Å². The first-order valence-corrected chi connectivity index (χ1v) is 8.65. The van der Waals surface area contributed by atoms with Gasteiger partial charge in [-0.2, -0.15) is 0 Å². The van der Waals surface area contributed by atoms with Gasteiger partial charge in [-0.05, 0) is 37.0 Å². The van der Waals surface area contributed by atoms with Crippen LogP contribution >= 0.6 is 0 Å². The molecule has 1 saturated heterocycles. The van der Waals surface area contributed by atoms with E-state index in [1.165, 1.54) is 0 Å². The van der Waals surface area contributed by atoms with E-state index < -0.39 is 28.4 Å². The van der Waals surface area contributed by atoms with E-state index >= 15 is 0 Å². The Kier molecular flexibility index (Phi) is 4.99. The smallest absolute Gasteiger partial charge is 0.347 e. The summed E-state index contributed by atoms with van der Waals surface area (Å²) in [5, 5.41) is 24.1. The van der Waals surface area contributed by atoms with Gasteiger partial charge in [0.05, 0.1) is 5.56 Å². The number of amides is 3. The van der Waals surface area contributed by atoms with Crippen molar-refractivity contribution in [2.24, 2.45) is 0 Å². The summed E-state index contributed by atoms with van der Waals surface area (Å²) in [6.07, 6.45) is 3.61. The van der Waals surface area contributed by atoms with Gasteiger partial charge in [0.2, 0.25) is 5.91 Å². The number of carbonyl (C=O) groups excluding carboxylic acids is 3. The molecule has 3 rings (SSSR count). The molecule has 7 heteroatoms. The van der Waals surface area contributed by atoms with Gasteiger partial charge in [-0.1, -0.05) is 12.5 Å². The van der Waals surface area contributed by atoms with Crippen LogP contribution in [0.1, 0.15) is 53.6 Å². The van der Waals surface area contributed by atoms with Crippen LogP contribution in [0.25, 0.3) is 0 Å². The van der Waals surface area contributed by atoms with Gasteiger partial charge in [0.1, 0.15) is 6.54 Å². The summed E-state index contributed by atoms with van der Waals surface area (Å²) in [7, 11) is 0. The highest BCUT2D eigenvalue weighted by molar-refractivity contribution is 6.02. The molecule has 3 amide bonds. The predicted molar refractivity (Wildman–Crippen MR) is 88.9 cm³/mol. The number of imide groups is 1. The average Bonchev–Trinajstić information content (AvgIpc) is 2.83. The zero-order valence-corrected chi connectivity index (χ0v) is 14.0. The van der Waals surface area contributed by atoms with Crippen LogP contribution in [0.15, 0.2) is 18.2 Å². The van der Waals surface area contributed by atoms with Gasteiger partial charge in [-0.15, -0.1) is 0 Å². The van der Waals surface area contributed by atoms with Crippen LogP contribution in [0.3, 0.4) is 0 Å². The molecule has 134 valence electrons. The number of benzene rings is 1. The maximum atomic E-state index is 13.2. The zero-order valence-electron chi connectivity index (χ0n) is 14.0. The van der Waals surface area contributed by atoms with Crippen molar-refractivity contribution in [1.29, 1.82) is 0 Å². The summed E-state index contributed by atoms with van der Waals surface area (Å²) in [5.74, 6) is -1.66. The van der Waals surface area contributed by atoms with Gasteiger partial charge >= 0.3 is 5.91 Å². The Bertz CT molecular complexity index is 717. The largest absolute Gasteiger partial charge is 0.624 e. The highest BCUT2D eigenvalue weighted by atomic mass is 16.6. The molecule has 2 aliphatic rings. The van der Waals surface area contributed by atoms with Crippen LogP contribution in [-0.4, -0.2) is 40.1 Å². The summed E-state index contributed by atoms with van der Waals surface area (Å²) in [6.45, 7) is 0.117. The fraction of sp³-hybridized carbons (Fsp3) is 0.500. The van der Waals surface area contributed by atoms with Crippen molar-refractivity contribution < 1.29 is 24.1 Å². The van der Waals surface area contributed by atoms with Crippen molar-refractivity contribution in [1.82, 2.24) is 5.32 Å². The Hall–Kier alpha value is -2.09. The third-order valence-corrected chi connectivity index (χ3v) is 4.99. The van der Waals surface area contributed by atoms with Gasteiger partial charge in [0.15, 0.2) is 6.04 Å². The normalized spacial score (nSPS) is 25.8. The lowest BCUT2D eigenvalue weighted by Crippen LogP contribution is -2.60. The van der Waals surface area contributed by atoms with E-state index in [9.17, 15) is 19.6 Å². The third kappa shape index (κ3) is 3.35. The average molecular weight is 346 g/mol. The Morgan fingerprint density at radius 1 is 1.20 bits per heavy atom. The highest BCUT2D eigenvalue weighted by Crippen LogP contribution is 2.35. The van der Waals surface area contributed by atoms with E-state index in [1.807, 2.05) is 12.1 Å². The first-order chi connectivity index (χ1) is 12.0. The molecule has 1 fully saturated rings. The maximum Gasteiger partial charge on any atom is 0.347 e. The number of hydrogen-bond donors (Lipinski definition) is 2. The first kappa shape index (κ1) is 17.7. The minimum atomic E-state index is -1.23. The molecule has 2 heterocycles. The number of aliphatic hydroxyl groups is 1. The number of hydroxylamine groups is 3.